The Morgan fingerprint density at radius 2 is 1.82 bits per heavy atom. The predicted octanol–water partition coefficient (Wildman–Crippen LogP) is 6.07. The van der Waals surface area contributed by atoms with Crippen molar-refractivity contribution in [3.8, 4) is 11.4 Å². The van der Waals surface area contributed by atoms with Gasteiger partial charge in [0.25, 0.3) is 5.91 Å². The minimum atomic E-state index is -0.902. The van der Waals surface area contributed by atoms with Gasteiger partial charge in [-0.2, -0.15) is 0 Å². The van der Waals surface area contributed by atoms with Gasteiger partial charge in [-0.15, -0.1) is 11.8 Å². The first-order chi connectivity index (χ1) is 15.7. The van der Waals surface area contributed by atoms with Crippen LogP contribution in [0.2, 0.25) is 0 Å². The lowest BCUT2D eigenvalue weighted by atomic mass is 9.95. The number of carboxylic acid groups (broad SMARTS) is 1. The molecule has 3 rings (SSSR count). The number of unbranched alkanes of at least 4 members (excludes halogenated alkanes) is 2. The summed E-state index contributed by atoms with van der Waals surface area (Å²) in [5.74, 6) is -0.121. The molecule has 0 radical (unpaired) electrons. The molecule has 0 bridgehead atoms. The lowest BCUT2D eigenvalue weighted by Crippen LogP contribution is -2.36. The summed E-state index contributed by atoms with van der Waals surface area (Å²) >= 11 is 1.32. The van der Waals surface area contributed by atoms with Gasteiger partial charge in [0.1, 0.15) is 16.3 Å². The average Bonchev–Trinajstić information content (AvgIpc) is 3.11. The van der Waals surface area contributed by atoms with E-state index in [4.69, 9.17) is 4.98 Å². The standard InChI is InChI=1S/C26H37N3O3S/c1-5-6-10-17-29-18(2)22(24(30)27-20-11-8-7-9-12-20)28-23(29)19-13-15-21(16-14-19)33-26(3,4)25(31)32/h13-16,20H,5-12,17H2,1-4H3,(H,27,30)(H,31,32). The number of carboxylic acids is 1. The average molecular weight is 472 g/mol. The summed E-state index contributed by atoms with van der Waals surface area (Å²) < 4.78 is 1.26. The number of rotatable bonds is 10. The first kappa shape index (κ1) is 25.3. The maximum Gasteiger partial charge on any atom is 0.319 e. The molecule has 2 N–H and O–H groups in total. The van der Waals surface area contributed by atoms with E-state index in [0.717, 1.165) is 60.6 Å². The molecule has 1 amide bonds. The molecule has 180 valence electrons. The molecule has 0 saturated heterocycles. The Kier molecular flexibility index (Phi) is 8.63. The second kappa shape index (κ2) is 11.2. The fourth-order valence-electron chi connectivity index (χ4n) is 4.27. The van der Waals surface area contributed by atoms with Crippen molar-refractivity contribution in [3.63, 3.8) is 0 Å². The monoisotopic (exact) mass is 471 g/mol. The van der Waals surface area contributed by atoms with Gasteiger partial charge in [-0.1, -0.05) is 51.2 Å². The number of thioether (sulfide) groups is 1. The second-order valence-electron chi connectivity index (χ2n) is 9.48. The number of imidazole rings is 1. The van der Waals surface area contributed by atoms with Crippen LogP contribution in [0.4, 0.5) is 0 Å². The fourth-order valence-corrected chi connectivity index (χ4v) is 5.22. The Morgan fingerprint density at radius 1 is 1.15 bits per heavy atom. The Balaban J connectivity index is 1.86. The minimum Gasteiger partial charge on any atom is -0.480 e. The molecule has 0 unspecified atom stereocenters. The molecular weight excluding hydrogens is 434 g/mol. The van der Waals surface area contributed by atoms with Crippen LogP contribution in [0, 0.1) is 6.92 Å². The Bertz CT molecular complexity index is 960. The second-order valence-corrected chi connectivity index (χ2v) is 11.2. The van der Waals surface area contributed by atoms with E-state index in [0.29, 0.717) is 5.69 Å². The van der Waals surface area contributed by atoms with Crippen molar-refractivity contribution in [2.75, 3.05) is 0 Å². The maximum atomic E-state index is 13.1. The normalized spacial score (nSPS) is 14.9. The molecule has 1 aliphatic rings. The molecular formula is C26H37N3O3S. The number of nitrogens with zero attached hydrogens (tertiary/aromatic N) is 2. The molecule has 33 heavy (non-hydrogen) atoms. The molecule has 1 aromatic carbocycles. The van der Waals surface area contributed by atoms with E-state index in [1.807, 2.05) is 31.2 Å². The van der Waals surface area contributed by atoms with E-state index in [1.54, 1.807) is 13.8 Å². The number of amides is 1. The third kappa shape index (κ3) is 6.40. The Hall–Kier alpha value is -2.28. The van der Waals surface area contributed by atoms with Gasteiger partial charge in [0.15, 0.2) is 0 Å². The molecule has 7 heteroatoms. The highest BCUT2D eigenvalue weighted by Crippen LogP contribution is 2.34. The molecule has 1 aliphatic carbocycles. The van der Waals surface area contributed by atoms with Crippen LogP contribution >= 0.6 is 11.8 Å². The first-order valence-corrected chi connectivity index (χ1v) is 13.0. The highest BCUT2D eigenvalue weighted by Gasteiger charge is 2.28. The lowest BCUT2D eigenvalue weighted by Gasteiger charge is -2.22. The number of benzene rings is 1. The predicted molar refractivity (Wildman–Crippen MR) is 134 cm³/mol. The van der Waals surface area contributed by atoms with Crippen LogP contribution in [-0.2, 0) is 11.3 Å². The van der Waals surface area contributed by atoms with Gasteiger partial charge in [0.05, 0.1) is 0 Å². The zero-order valence-corrected chi connectivity index (χ0v) is 21.1. The molecule has 1 fully saturated rings. The summed E-state index contributed by atoms with van der Waals surface area (Å²) in [5, 5.41) is 12.6. The van der Waals surface area contributed by atoms with Gasteiger partial charge in [-0.25, -0.2) is 4.98 Å². The van der Waals surface area contributed by atoms with Crippen molar-refractivity contribution in [1.82, 2.24) is 14.9 Å². The number of hydrogen-bond donors (Lipinski definition) is 2. The van der Waals surface area contributed by atoms with Gasteiger partial charge in [-0.3, -0.25) is 9.59 Å². The third-order valence-corrected chi connectivity index (χ3v) is 7.56. The van der Waals surface area contributed by atoms with Crippen LogP contribution in [0.5, 0.6) is 0 Å². The molecule has 0 aliphatic heterocycles. The molecule has 0 spiro atoms. The van der Waals surface area contributed by atoms with Gasteiger partial charge in [0, 0.05) is 28.7 Å². The first-order valence-electron chi connectivity index (χ1n) is 12.1. The van der Waals surface area contributed by atoms with E-state index in [1.165, 1.54) is 31.0 Å². The summed E-state index contributed by atoms with van der Waals surface area (Å²) in [6.45, 7) is 8.39. The fraction of sp³-hybridized carbons (Fsp3) is 0.577. The minimum absolute atomic E-state index is 0.0784. The van der Waals surface area contributed by atoms with Crippen LogP contribution in [0.1, 0.15) is 88.3 Å². The van der Waals surface area contributed by atoms with Crippen LogP contribution < -0.4 is 5.32 Å². The number of carbonyl (C=O) groups excluding carboxylic acids is 1. The molecule has 1 saturated carbocycles. The van der Waals surface area contributed by atoms with Crippen molar-refractivity contribution >= 4 is 23.6 Å². The largest absolute Gasteiger partial charge is 0.480 e. The van der Waals surface area contributed by atoms with Gasteiger partial charge < -0.3 is 15.0 Å². The van der Waals surface area contributed by atoms with Crippen LogP contribution in [0.25, 0.3) is 11.4 Å². The van der Waals surface area contributed by atoms with Crippen LogP contribution in [0.3, 0.4) is 0 Å². The van der Waals surface area contributed by atoms with Crippen molar-refractivity contribution in [1.29, 1.82) is 0 Å². The Labute approximate surface area is 201 Å². The summed E-state index contributed by atoms with van der Waals surface area (Å²) in [4.78, 5) is 30.2. The molecule has 6 nitrogen and oxygen atoms in total. The highest BCUT2D eigenvalue weighted by atomic mass is 32.2. The lowest BCUT2D eigenvalue weighted by molar-refractivity contribution is -0.138. The summed E-state index contributed by atoms with van der Waals surface area (Å²) in [7, 11) is 0. The molecule has 1 aromatic heterocycles. The van der Waals surface area contributed by atoms with Crippen molar-refractivity contribution in [2.45, 2.75) is 101 Å². The zero-order valence-electron chi connectivity index (χ0n) is 20.3. The summed E-state index contributed by atoms with van der Waals surface area (Å²) in [5.41, 5.74) is 2.35. The number of aromatic nitrogens is 2. The van der Waals surface area contributed by atoms with Gasteiger partial charge >= 0.3 is 5.97 Å². The summed E-state index contributed by atoms with van der Waals surface area (Å²) in [6, 6.07) is 8.07. The quantitative estimate of drug-likeness (QED) is 0.325. The number of carbonyl (C=O) groups is 2. The van der Waals surface area contributed by atoms with Crippen molar-refractivity contribution in [3.05, 3.63) is 35.7 Å². The van der Waals surface area contributed by atoms with E-state index in [-0.39, 0.29) is 11.9 Å². The van der Waals surface area contributed by atoms with E-state index in [2.05, 4.69) is 16.8 Å². The van der Waals surface area contributed by atoms with Crippen molar-refractivity contribution in [2.24, 2.45) is 0 Å². The Morgan fingerprint density at radius 3 is 2.42 bits per heavy atom. The maximum absolute atomic E-state index is 13.1. The van der Waals surface area contributed by atoms with E-state index >= 15 is 0 Å². The van der Waals surface area contributed by atoms with Crippen molar-refractivity contribution < 1.29 is 14.7 Å². The van der Waals surface area contributed by atoms with E-state index < -0.39 is 10.7 Å². The van der Waals surface area contributed by atoms with Crippen LogP contribution in [-0.4, -0.2) is 37.3 Å². The van der Waals surface area contributed by atoms with Crippen LogP contribution in [0.15, 0.2) is 29.2 Å². The third-order valence-electron chi connectivity index (χ3n) is 6.36. The van der Waals surface area contributed by atoms with Gasteiger partial charge in [-0.05, 0) is 52.2 Å². The molecule has 0 atom stereocenters. The smallest absolute Gasteiger partial charge is 0.319 e. The molecule has 1 heterocycles. The number of hydrogen-bond acceptors (Lipinski definition) is 4. The SMILES string of the molecule is CCCCCn1c(-c2ccc(SC(C)(C)C(=O)O)cc2)nc(C(=O)NC2CCCCC2)c1C. The number of nitrogens with one attached hydrogen (secondary N) is 1. The van der Waals surface area contributed by atoms with Gasteiger partial charge in [0.2, 0.25) is 0 Å². The zero-order chi connectivity index (χ0) is 24.0. The topological polar surface area (TPSA) is 84.2 Å². The number of aliphatic carboxylic acids is 1. The molecule has 2 aromatic rings. The summed E-state index contributed by atoms with van der Waals surface area (Å²) in [6.07, 6.45) is 8.96. The highest BCUT2D eigenvalue weighted by molar-refractivity contribution is 8.01. The van der Waals surface area contributed by atoms with E-state index in [9.17, 15) is 14.7 Å².